The molecule has 2 heterocycles. The lowest BCUT2D eigenvalue weighted by Gasteiger charge is -2.22. The molecular weight excluding hydrogens is 344 g/mol. The molecule has 0 bridgehead atoms. The Hall–Kier alpha value is -2.40. The molecule has 1 aliphatic rings. The van der Waals surface area contributed by atoms with E-state index in [0.29, 0.717) is 24.8 Å². The summed E-state index contributed by atoms with van der Waals surface area (Å²) in [6.45, 7) is 0.740. The lowest BCUT2D eigenvalue weighted by molar-refractivity contribution is -0.132. The van der Waals surface area contributed by atoms with E-state index in [1.165, 1.54) is 5.56 Å². The smallest absolute Gasteiger partial charge is 0.223 e. The van der Waals surface area contributed by atoms with Gasteiger partial charge in [-0.1, -0.05) is 30.3 Å². The van der Waals surface area contributed by atoms with E-state index in [4.69, 9.17) is 4.42 Å². The van der Waals surface area contributed by atoms with Crippen molar-refractivity contribution in [1.29, 1.82) is 0 Å². The Morgan fingerprint density at radius 1 is 1.23 bits per heavy atom. The van der Waals surface area contributed by atoms with E-state index in [9.17, 15) is 4.79 Å². The largest absolute Gasteiger partial charge is 0.441 e. The molecule has 5 heteroatoms. The van der Waals surface area contributed by atoms with Gasteiger partial charge in [0, 0.05) is 31.0 Å². The first-order chi connectivity index (χ1) is 12.8. The number of rotatable bonds is 8. The van der Waals surface area contributed by atoms with Crippen molar-refractivity contribution < 1.29 is 9.21 Å². The van der Waals surface area contributed by atoms with Crippen LogP contribution in [0, 0.1) is 0 Å². The Kier molecular flexibility index (Phi) is 5.16. The molecule has 1 aliphatic carbocycles. The highest BCUT2D eigenvalue weighted by atomic mass is 32.1. The Morgan fingerprint density at radius 3 is 2.81 bits per heavy atom. The van der Waals surface area contributed by atoms with Gasteiger partial charge >= 0.3 is 0 Å². The van der Waals surface area contributed by atoms with Gasteiger partial charge in [-0.2, -0.15) is 11.3 Å². The molecule has 1 aromatic carbocycles. The first-order valence-electron chi connectivity index (χ1n) is 9.10. The van der Waals surface area contributed by atoms with Crippen LogP contribution in [0.3, 0.4) is 0 Å². The Bertz CT molecular complexity index is 838. The van der Waals surface area contributed by atoms with Crippen LogP contribution in [0.1, 0.15) is 37.1 Å². The van der Waals surface area contributed by atoms with E-state index in [-0.39, 0.29) is 5.91 Å². The van der Waals surface area contributed by atoms with E-state index in [0.717, 1.165) is 37.1 Å². The normalized spacial score (nSPS) is 13.7. The van der Waals surface area contributed by atoms with E-state index >= 15 is 0 Å². The average Bonchev–Trinajstić information content (AvgIpc) is 3.17. The van der Waals surface area contributed by atoms with E-state index < -0.39 is 0 Å². The van der Waals surface area contributed by atoms with Gasteiger partial charge in [-0.15, -0.1) is 0 Å². The highest BCUT2D eigenvalue weighted by Crippen LogP contribution is 2.29. The number of aromatic nitrogens is 1. The summed E-state index contributed by atoms with van der Waals surface area (Å²) in [7, 11) is 0. The molecule has 1 amide bonds. The second-order valence-corrected chi connectivity index (χ2v) is 7.50. The monoisotopic (exact) mass is 366 g/mol. The SMILES string of the molecule is O=C(CCCc1ncc(-c2ccccc2)o1)N(Cc1ccsc1)C1CC1. The summed E-state index contributed by atoms with van der Waals surface area (Å²) in [6.07, 6.45) is 6.03. The minimum atomic E-state index is 0.244. The molecule has 0 spiro atoms. The van der Waals surface area contributed by atoms with Crippen molar-refractivity contribution in [3.63, 3.8) is 0 Å². The summed E-state index contributed by atoms with van der Waals surface area (Å²) in [5.41, 5.74) is 2.26. The Morgan fingerprint density at radius 2 is 2.08 bits per heavy atom. The summed E-state index contributed by atoms with van der Waals surface area (Å²) in [4.78, 5) is 19.0. The van der Waals surface area contributed by atoms with Crippen molar-refractivity contribution in [2.45, 2.75) is 44.7 Å². The predicted molar refractivity (Wildman–Crippen MR) is 103 cm³/mol. The first-order valence-corrected chi connectivity index (χ1v) is 10.0. The van der Waals surface area contributed by atoms with Gasteiger partial charge in [-0.05, 0) is 41.7 Å². The third kappa shape index (κ3) is 4.22. The number of aryl methyl sites for hydroxylation is 1. The number of hydrogen-bond acceptors (Lipinski definition) is 4. The van der Waals surface area contributed by atoms with Crippen LogP contribution >= 0.6 is 11.3 Å². The fraction of sp³-hybridized carbons (Fsp3) is 0.333. The molecule has 0 unspecified atom stereocenters. The third-order valence-corrected chi connectivity index (χ3v) is 5.37. The van der Waals surface area contributed by atoms with Gasteiger partial charge in [0.25, 0.3) is 0 Å². The summed E-state index contributed by atoms with van der Waals surface area (Å²) >= 11 is 1.68. The molecule has 0 atom stereocenters. The van der Waals surface area contributed by atoms with Crippen molar-refractivity contribution in [2.75, 3.05) is 0 Å². The number of oxazole rings is 1. The predicted octanol–water partition coefficient (Wildman–Crippen LogP) is 4.92. The van der Waals surface area contributed by atoms with Crippen LogP contribution in [-0.2, 0) is 17.8 Å². The molecule has 4 rings (SSSR count). The van der Waals surface area contributed by atoms with E-state index in [1.54, 1.807) is 17.5 Å². The van der Waals surface area contributed by atoms with Crippen LogP contribution in [0.5, 0.6) is 0 Å². The number of nitrogens with zero attached hydrogens (tertiary/aromatic N) is 2. The maximum Gasteiger partial charge on any atom is 0.223 e. The van der Waals surface area contributed by atoms with Gasteiger partial charge in [-0.25, -0.2) is 4.98 Å². The van der Waals surface area contributed by atoms with Gasteiger partial charge in [0.15, 0.2) is 11.7 Å². The molecule has 2 aromatic heterocycles. The number of carbonyl (C=O) groups excluding carboxylic acids is 1. The number of carbonyl (C=O) groups is 1. The Balaban J connectivity index is 1.30. The van der Waals surface area contributed by atoms with Gasteiger partial charge in [-0.3, -0.25) is 4.79 Å². The second-order valence-electron chi connectivity index (χ2n) is 6.72. The summed E-state index contributed by atoms with van der Waals surface area (Å²) in [5, 5.41) is 4.19. The number of amides is 1. The zero-order chi connectivity index (χ0) is 17.8. The summed E-state index contributed by atoms with van der Waals surface area (Å²) < 4.78 is 5.82. The quantitative estimate of drug-likeness (QED) is 0.569. The molecule has 0 saturated heterocycles. The fourth-order valence-electron chi connectivity index (χ4n) is 3.08. The number of hydrogen-bond donors (Lipinski definition) is 0. The van der Waals surface area contributed by atoms with Gasteiger partial charge in [0.2, 0.25) is 5.91 Å². The van der Waals surface area contributed by atoms with E-state index in [2.05, 4.69) is 21.8 Å². The van der Waals surface area contributed by atoms with Gasteiger partial charge < -0.3 is 9.32 Å². The summed E-state index contributed by atoms with van der Waals surface area (Å²) in [5.74, 6) is 1.73. The first kappa shape index (κ1) is 17.0. The van der Waals surface area contributed by atoms with Gasteiger partial charge in [0.05, 0.1) is 6.20 Å². The zero-order valence-corrected chi connectivity index (χ0v) is 15.5. The van der Waals surface area contributed by atoms with Crippen LogP contribution in [-0.4, -0.2) is 21.8 Å². The minimum absolute atomic E-state index is 0.244. The fourth-order valence-corrected chi connectivity index (χ4v) is 3.74. The molecule has 1 saturated carbocycles. The molecule has 0 N–H and O–H groups in total. The van der Waals surface area contributed by atoms with Crippen LogP contribution in [0.2, 0.25) is 0 Å². The van der Waals surface area contributed by atoms with Crippen molar-refractivity contribution in [3.05, 3.63) is 64.8 Å². The topological polar surface area (TPSA) is 46.3 Å². The molecule has 134 valence electrons. The van der Waals surface area contributed by atoms with Crippen molar-refractivity contribution in [2.24, 2.45) is 0 Å². The molecule has 0 aliphatic heterocycles. The number of benzene rings is 1. The molecular formula is C21H22N2O2S. The van der Waals surface area contributed by atoms with Crippen LogP contribution in [0.15, 0.2) is 57.8 Å². The lowest BCUT2D eigenvalue weighted by Crippen LogP contribution is -2.32. The molecule has 3 aromatic rings. The second kappa shape index (κ2) is 7.87. The average molecular weight is 366 g/mol. The highest BCUT2D eigenvalue weighted by Gasteiger charge is 2.32. The third-order valence-electron chi connectivity index (χ3n) is 4.63. The summed E-state index contributed by atoms with van der Waals surface area (Å²) in [6, 6.07) is 12.5. The standard InChI is InChI=1S/C21H22N2O2S/c24-21(23(18-9-10-18)14-16-11-12-26-15-16)8-4-7-20-22-13-19(25-20)17-5-2-1-3-6-17/h1-3,5-6,11-13,15,18H,4,7-10,14H2. The molecule has 26 heavy (non-hydrogen) atoms. The van der Waals surface area contributed by atoms with Crippen LogP contribution < -0.4 is 0 Å². The maximum atomic E-state index is 12.6. The Labute approximate surface area is 157 Å². The van der Waals surface area contributed by atoms with Crippen molar-refractivity contribution >= 4 is 17.2 Å². The van der Waals surface area contributed by atoms with Crippen molar-refractivity contribution in [1.82, 2.24) is 9.88 Å². The van der Waals surface area contributed by atoms with Gasteiger partial charge in [0.1, 0.15) is 0 Å². The van der Waals surface area contributed by atoms with Crippen LogP contribution in [0.25, 0.3) is 11.3 Å². The molecule has 0 radical (unpaired) electrons. The molecule has 4 nitrogen and oxygen atoms in total. The zero-order valence-electron chi connectivity index (χ0n) is 14.6. The maximum absolute atomic E-state index is 12.6. The lowest BCUT2D eigenvalue weighted by atomic mass is 10.2. The molecule has 1 fully saturated rings. The van der Waals surface area contributed by atoms with Crippen molar-refractivity contribution in [3.8, 4) is 11.3 Å². The van der Waals surface area contributed by atoms with E-state index in [1.807, 2.05) is 35.2 Å². The number of thiophene rings is 1. The highest BCUT2D eigenvalue weighted by molar-refractivity contribution is 7.07. The minimum Gasteiger partial charge on any atom is -0.441 e. The van der Waals surface area contributed by atoms with Crippen LogP contribution in [0.4, 0.5) is 0 Å².